The van der Waals surface area contributed by atoms with Crippen molar-refractivity contribution in [2.24, 2.45) is 0 Å². The number of hydrogen-bond donors (Lipinski definition) is 1. The molecule has 1 aromatic heterocycles. The van der Waals surface area contributed by atoms with Gasteiger partial charge in [0.1, 0.15) is 6.54 Å². The van der Waals surface area contributed by atoms with Gasteiger partial charge in [0.15, 0.2) is 0 Å². The third-order valence-electron chi connectivity index (χ3n) is 4.26. The number of carbonyl (C=O) groups is 1. The number of hydrogen-bond acceptors (Lipinski definition) is 3. The van der Waals surface area contributed by atoms with Crippen LogP contribution in [0.4, 0.5) is 0 Å². The average molecular weight is 291 g/mol. The molecule has 1 unspecified atom stereocenters. The van der Waals surface area contributed by atoms with Gasteiger partial charge in [-0.2, -0.15) is 0 Å². The van der Waals surface area contributed by atoms with Gasteiger partial charge in [-0.15, -0.1) is 0 Å². The number of nitrogens with zero attached hydrogens (tertiary/aromatic N) is 2. The van der Waals surface area contributed by atoms with Gasteiger partial charge in [0, 0.05) is 31.4 Å². The fourth-order valence-electron chi connectivity index (χ4n) is 2.93. The Labute approximate surface area is 126 Å². The van der Waals surface area contributed by atoms with E-state index in [1.807, 2.05) is 13.0 Å². The summed E-state index contributed by atoms with van der Waals surface area (Å²) in [7, 11) is 1.77. The summed E-state index contributed by atoms with van der Waals surface area (Å²) in [6, 6.07) is 3.81. The van der Waals surface area contributed by atoms with E-state index in [0.717, 1.165) is 31.5 Å². The molecule has 5 nitrogen and oxygen atoms in total. The molecule has 0 radical (unpaired) electrons. The number of fused-ring (bicyclic) bond motifs is 1. The maximum atomic E-state index is 12.2. The molecule has 1 aliphatic rings. The fraction of sp³-hybridized carbons (Fsp3) is 0.625. The van der Waals surface area contributed by atoms with E-state index in [4.69, 9.17) is 0 Å². The van der Waals surface area contributed by atoms with Gasteiger partial charge < -0.3 is 14.8 Å². The molecule has 0 bridgehead atoms. The molecule has 0 aliphatic heterocycles. The molecule has 116 valence electrons. The van der Waals surface area contributed by atoms with Crippen LogP contribution in [-0.4, -0.2) is 35.5 Å². The predicted octanol–water partition coefficient (Wildman–Crippen LogP) is 1.31. The average Bonchev–Trinajstić information content (AvgIpc) is 2.49. The van der Waals surface area contributed by atoms with Crippen molar-refractivity contribution in [1.82, 2.24) is 14.8 Å². The lowest BCUT2D eigenvalue weighted by Gasteiger charge is -2.28. The molecule has 0 fully saturated rings. The number of nitrogens with one attached hydrogen (secondary N) is 1. The van der Waals surface area contributed by atoms with Crippen LogP contribution in [0.25, 0.3) is 0 Å². The molecule has 2 rings (SSSR count). The van der Waals surface area contributed by atoms with Gasteiger partial charge in [0.05, 0.1) is 0 Å². The number of amides is 1. The smallest absolute Gasteiger partial charge is 0.251 e. The van der Waals surface area contributed by atoms with E-state index < -0.39 is 0 Å². The molecular weight excluding hydrogens is 266 g/mol. The summed E-state index contributed by atoms with van der Waals surface area (Å²) in [6.45, 7) is 5.72. The van der Waals surface area contributed by atoms with Gasteiger partial charge in [-0.3, -0.25) is 9.59 Å². The highest BCUT2D eigenvalue weighted by Gasteiger charge is 2.23. The second-order valence-electron chi connectivity index (χ2n) is 5.57. The standard InChI is InChI=1S/C16H25N3O2/c1-4-17-13-7-6-8-14-12(13)9-10-15(20)19(14)11-16(21)18(3)5-2/h9-10,13,17H,4-8,11H2,1-3H3. The molecule has 1 aromatic rings. The van der Waals surface area contributed by atoms with Crippen LogP contribution in [0.5, 0.6) is 0 Å². The summed E-state index contributed by atoms with van der Waals surface area (Å²) in [4.78, 5) is 26.0. The zero-order valence-electron chi connectivity index (χ0n) is 13.2. The number of pyridine rings is 1. The van der Waals surface area contributed by atoms with E-state index in [-0.39, 0.29) is 18.0 Å². The first-order valence-electron chi connectivity index (χ1n) is 7.78. The van der Waals surface area contributed by atoms with Gasteiger partial charge in [-0.25, -0.2) is 0 Å². The van der Waals surface area contributed by atoms with Crippen molar-refractivity contribution >= 4 is 5.91 Å². The molecule has 0 saturated carbocycles. The quantitative estimate of drug-likeness (QED) is 0.890. The van der Waals surface area contributed by atoms with Gasteiger partial charge in [-0.05, 0) is 38.3 Å². The Morgan fingerprint density at radius 3 is 2.86 bits per heavy atom. The van der Waals surface area contributed by atoms with E-state index in [9.17, 15) is 9.59 Å². The number of rotatable bonds is 5. The summed E-state index contributed by atoms with van der Waals surface area (Å²) >= 11 is 0. The first kappa shape index (κ1) is 15.8. The first-order chi connectivity index (χ1) is 10.1. The topological polar surface area (TPSA) is 54.3 Å². The van der Waals surface area contributed by atoms with E-state index in [0.29, 0.717) is 12.6 Å². The van der Waals surface area contributed by atoms with Crippen LogP contribution in [-0.2, 0) is 17.8 Å². The van der Waals surface area contributed by atoms with E-state index in [1.165, 1.54) is 5.56 Å². The molecular formula is C16H25N3O2. The minimum Gasteiger partial charge on any atom is -0.344 e. The summed E-state index contributed by atoms with van der Waals surface area (Å²) in [5.41, 5.74) is 2.12. The highest BCUT2D eigenvalue weighted by Crippen LogP contribution is 2.28. The van der Waals surface area contributed by atoms with Gasteiger partial charge in [0.2, 0.25) is 5.91 Å². The molecule has 1 aliphatic carbocycles. The SMILES string of the molecule is CCNC1CCCc2c1ccc(=O)n2CC(=O)N(C)CC. The Balaban J connectivity index is 2.35. The Bertz CT molecular complexity index is 565. The second kappa shape index (κ2) is 6.89. The van der Waals surface area contributed by atoms with Crippen molar-refractivity contribution < 1.29 is 4.79 Å². The minimum atomic E-state index is -0.0799. The summed E-state index contributed by atoms with van der Waals surface area (Å²) < 4.78 is 1.66. The van der Waals surface area contributed by atoms with Crippen LogP contribution in [0, 0.1) is 0 Å². The van der Waals surface area contributed by atoms with Crippen molar-refractivity contribution in [3.63, 3.8) is 0 Å². The second-order valence-corrected chi connectivity index (χ2v) is 5.57. The van der Waals surface area contributed by atoms with Crippen LogP contribution in [0.3, 0.4) is 0 Å². The minimum absolute atomic E-state index is 0.0152. The van der Waals surface area contributed by atoms with E-state index in [2.05, 4.69) is 12.2 Å². The van der Waals surface area contributed by atoms with E-state index >= 15 is 0 Å². The van der Waals surface area contributed by atoms with Crippen LogP contribution in [0.1, 0.15) is 44.0 Å². The van der Waals surface area contributed by atoms with Crippen molar-refractivity contribution in [2.75, 3.05) is 20.1 Å². The normalized spacial score (nSPS) is 17.4. The lowest BCUT2D eigenvalue weighted by Crippen LogP contribution is -2.37. The Hall–Kier alpha value is -1.62. The monoisotopic (exact) mass is 291 g/mol. The molecule has 1 heterocycles. The zero-order valence-corrected chi connectivity index (χ0v) is 13.2. The van der Waals surface area contributed by atoms with E-state index in [1.54, 1.807) is 22.6 Å². The van der Waals surface area contributed by atoms with Crippen molar-refractivity contribution in [3.8, 4) is 0 Å². The zero-order chi connectivity index (χ0) is 15.4. The lowest BCUT2D eigenvalue weighted by atomic mass is 9.91. The summed E-state index contributed by atoms with van der Waals surface area (Å²) in [5, 5.41) is 3.46. The Morgan fingerprint density at radius 1 is 1.43 bits per heavy atom. The third-order valence-corrected chi connectivity index (χ3v) is 4.26. The Kier molecular flexibility index (Phi) is 5.17. The number of carbonyl (C=O) groups excluding carboxylic acids is 1. The number of aromatic nitrogens is 1. The summed E-state index contributed by atoms with van der Waals surface area (Å²) in [6.07, 6.45) is 3.00. The molecule has 1 atom stereocenters. The summed E-state index contributed by atoms with van der Waals surface area (Å²) in [5.74, 6) is -0.0152. The van der Waals surface area contributed by atoms with Crippen LogP contribution in [0.15, 0.2) is 16.9 Å². The Morgan fingerprint density at radius 2 is 2.19 bits per heavy atom. The first-order valence-corrected chi connectivity index (χ1v) is 7.78. The fourth-order valence-corrected chi connectivity index (χ4v) is 2.93. The van der Waals surface area contributed by atoms with Crippen molar-refractivity contribution in [2.45, 2.75) is 45.7 Å². The third kappa shape index (κ3) is 3.35. The molecule has 1 N–H and O–H groups in total. The van der Waals surface area contributed by atoms with Gasteiger partial charge in [0.25, 0.3) is 5.56 Å². The maximum Gasteiger partial charge on any atom is 0.251 e. The molecule has 1 amide bonds. The predicted molar refractivity (Wildman–Crippen MR) is 83.4 cm³/mol. The highest BCUT2D eigenvalue weighted by atomic mass is 16.2. The molecule has 21 heavy (non-hydrogen) atoms. The van der Waals surface area contributed by atoms with Crippen molar-refractivity contribution in [1.29, 1.82) is 0 Å². The molecule has 0 saturated heterocycles. The van der Waals surface area contributed by atoms with Crippen LogP contribution in [0.2, 0.25) is 0 Å². The maximum absolute atomic E-state index is 12.2. The molecule has 0 aromatic carbocycles. The van der Waals surface area contributed by atoms with Gasteiger partial charge >= 0.3 is 0 Å². The molecule has 0 spiro atoms. The van der Waals surface area contributed by atoms with Gasteiger partial charge in [-0.1, -0.05) is 13.0 Å². The molecule has 5 heteroatoms. The highest BCUT2D eigenvalue weighted by molar-refractivity contribution is 5.75. The van der Waals surface area contributed by atoms with Crippen LogP contribution >= 0.6 is 0 Å². The number of likely N-dealkylation sites (N-methyl/N-ethyl adjacent to an activating group) is 1. The largest absolute Gasteiger partial charge is 0.344 e. The van der Waals surface area contributed by atoms with Crippen molar-refractivity contribution in [3.05, 3.63) is 33.7 Å². The lowest BCUT2D eigenvalue weighted by molar-refractivity contribution is -0.130. The van der Waals surface area contributed by atoms with Crippen LogP contribution < -0.4 is 10.9 Å².